The SMILES string of the molecule is COc1ccc(C2(Nc3cc(OC)c(OC)c(OC)c3)C(=O)c3ccccc3C2=O)cc1. The highest BCUT2D eigenvalue weighted by molar-refractivity contribution is 6.34. The standard InChI is InChI=1S/C25H23NO6/c1-29-17-11-9-15(10-12-17)25(23(27)18-7-5-6-8-19(18)24(25)28)26-16-13-20(30-2)22(32-4)21(14-16)31-3/h5-14,26H,1-4H3. The Morgan fingerprint density at radius 1 is 0.688 bits per heavy atom. The van der Waals surface area contributed by atoms with Gasteiger partial charge in [0.2, 0.25) is 17.3 Å². The lowest BCUT2D eigenvalue weighted by Crippen LogP contribution is -2.46. The average molecular weight is 433 g/mol. The van der Waals surface area contributed by atoms with Gasteiger partial charge in [-0.15, -0.1) is 0 Å². The number of rotatable bonds is 7. The minimum atomic E-state index is -1.65. The lowest BCUT2D eigenvalue weighted by molar-refractivity contribution is 0.0818. The van der Waals surface area contributed by atoms with Crippen molar-refractivity contribution in [1.29, 1.82) is 0 Å². The molecule has 1 N–H and O–H groups in total. The van der Waals surface area contributed by atoms with Gasteiger partial charge in [0.15, 0.2) is 17.0 Å². The van der Waals surface area contributed by atoms with E-state index >= 15 is 0 Å². The number of carbonyl (C=O) groups excluding carboxylic acids is 2. The zero-order valence-electron chi connectivity index (χ0n) is 18.2. The number of hydrogen-bond donors (Lipinski definition) is 1. The summed E-state index contributed by atoms with van der Waals surface area (Å²) >= 11 is 0. The van der Waals surface area contributed by atoms with Crippen LogP contribution in [0.5, 0.6) is 23.0 Å². The lowest BCUT2D eigenvalue weighted by atomic mass is 9.84. The average Bonchev–Trinajstić information content (AvgIpc) is 3.06. The number of benzene rings is 3. The Kier molecular flexibility index (Phi) is 5.48. The van der Waals surface area contributed by atoms with Crippen molar-refractivity contribution in [3.8, 4) is 23.0 Å². The van der Waals surface area contributed by atoms with E-state index in [4.69, 9.17) is 18.9 Å². The summed E-state index contributed by atoms with van der Waals surface area (Å²) in [6.07, 6.45) is 0. The summed E-state index contributed by atoms with van der Waals surface area (Å²) in [6.45, 7) is 0. The van der Waals surface area contributed by atoms with E-state index in [2.05, 4.69) is 5.32 Å². The molecule has 7 heteroatoms. The fourth-order valence-electron chi connectivity index (χ4n) is 4.04. The van der Waals surface area contributed by atoms with Gasteiger partial charge in [0, 0.05) is 28.9 Å². The molecular weight excluding hydrogens is 410 g/mol. The Morgan fingerprint density at radius 2 is 1.22 bits per heavy atom. The number of methoxy groups -OCH3 is 4. The molecule has 0 atom stereocenters. The van der Waals surface area contributed by atoms with E-state index < -0.39 is 5.54 Å². The third-order valence-corrected chi connectivity index (χ3v) is 5.62. The first-order valence-electron chi connectivity index (χ1n) is 9.91. The molecular formula is C25H23NO6. The van der Waals surface area contributed by atoms with E-state index in [1.807, 2.05) is 0 Å². The molecule has 1 aliphatic carbocycles. The molecule has 0 radical (unpaired) electrons. The molecule has 0 bridgehead atoms. The maximum atomic E-state index is 13.7. The van der Waals surface area contributed by atoms with E-state index in [1.54, 1.807) is 67.8 Å². The first-order chi connectivity index (χ1) is 15.5. The molecule has 4 rings (SSSR count). The van der Waals surface area contributed by atoms with Crippen LogP contribution >= 0.6 is 0 Å². The van der Waals surface area contributed by atoms with Crippen LogP contribution in [-0.4, -0.2) is 40.0 Å². The van der Waals surface area contributed by atoms with Crippen LogP contribution in [0.3, 0.4) is 0 Å². The normalized spacial score (nSPS) is 14.0. The molecule has 3 aromatic carbocycles. The van der Waals surface area contributed by atoms with Gasteiger partial charge in [0.25, 0.3) is 0 Å². The molecule has 1 aliphatic rings. The molecule has 0 aromatic heterocycles. The van der Waals surface area contributed by atoms with Crippen LogP contribution in [0, 0.1) is 0 Å². The fraction of sp³-hybridized carbons (Fsp3) is 0.200. The fourth-order valence-corrected chi connectivity index (χ4v) is 4.04. The van der Waals surface area contributed by atoms with Crippen LogP contribution in [0.2, 0.25) is 0 Å². The van der Waals surface area contributed by atoms with Gasteiger partial charge in [0.05, 0.1) is 28.4 Å². The van der Waals surface area contributed by atoms with Gasteiger partial charge in [-0.3, -0.25) is 9.59 Å². The monoisotopic (exact) mass is 433 g/mol. The molecule has 7 nitrogen and oxygen atoms in total. The van der Waals surface area contributed by atoms with Gasteiger partial charge < -0.3 is 24.3 Å². The van der Waals surface area contributed by atoms with Gasteiger partial charge in [-0.05, 0) is 17.7 Å². The van der Waals surface area contributed by atoms with Gasteiger partial charge >= 0.3 is 0 Å². The van der Waals surface area contributed by atoms with Crippen molar-refractivity contribution < 1.29 is 28.5 Å². The van der Waals surface area contributed by atoms with Crippen LogP contribution < -0.4 is 24.3 Å². The highest BCUT2D eigenvalue weighted by Gasteiger charge is 2.54. The van der Waals surface area contributed by atoms with Crippen LogP contribution in [0.4, 0.5) is 5.69 Å². The quantitative estimate of drug-likeness (QED) is 0.562. The second kappa shape index (κ2) is 8.26. The molecule has 0 amide bonds. The summed E-state index contributed by atoms with van der Waals surface area (Å²) in [5.41, 5.74) is 0.0465. The van der Waals surface area contributed by atoms with E-state index in [1.165, 1.54) is 21.3 Å². The third kappa shape index (κ3) is 3.13. The number of fused-ring (bicyclic) bond motifs is 1. The zero-order valence-corrected chi connectivity index (χ0v) is 18.2. The van der Waals surface area contributed by atoms with Crippen molar-refractivity contribution in [3.05, 3.63) is 77.4 Å². The highest BCUT2D eigenvalue weighted by atomic mass is 16.5. The van der Waals surface area contributed by atoms with Crippen molar-refractivity contribution in [2.45, 2.75) is 5.54 Å². The number of hydrogen-bond acceptors (Lipinski definition) is 7. The van der Waals surface area contributed by atoms with Crippen LogP contribution in [0.25, 0.3) is 0 Å². The molecule has 164 valence electrons. The van der Waals surface area contributed by atoms with E-state index in [0.29, 0.717) is 45.4 Å². The Bertz CT molecular complexity index is 1130. The molecule has 0 saturated heterocycles. The molecule has 0 spiro atoms. The number of ketones is 2. The Labute approximate surface area is 185 Å². The largest absolute Gasteiger partial charge is 0.497 e. The van der Waals surface area contributed by atoms with Crippen molar-refractivity contribution in [1.82, 2.24) is 0 Å². The van der Waals surface area contributed by atoms with Gasteiger partial charge in [-0.2, -0.15) is 0 Å². The molecule has 0 unspecified atom stereocenters. The topological polar surface area (TPSA) is 83.1 Å². The smallest absolute Gasteiger partial charge is 0.203 e. The van der Waals surface area contributed by atoms with Crippen LogP contribution in [0.1, 0.15) is 26.3 Å². The number of carbonyl (C=O) groups is 2. The first kappa shape index (κ1) is 21.2. The van der Waals surface area contributed by atoms with Crippen molar-refractivity contribution in [3.63, 3.8) is 0 Å². The maximum Gasteiger partial charge on any atom is 0.203 e. The van der Waals surface area contributed by atoms with Crippen molar-refractivity contribution in [2.75, 3.05) is 33.8 Å². The maximum absolute atomic E-state index is 13.7. The molecule has 0 heterocycles. The zero-order chi connectivity index (χ0) is 22.9. The third-order valence-electron chi connectivity index (χ3n) is 5.62. The van der Waals surface area contributed by atoms with Crippen LogP contribution in [0.15, 0.2) is 60.7 Å². The van der Waals surface area contributed by atoms with Crippen LogP contribution in [-0.2, 0) is 5.54 Å². The summed E-state index contributed by atoms with van der Waals surface area (Å²) in [4.78, 5) is 27.4. The second-order valence-electron chi connectivity index (χ2n) is 7.22. The van der Waals surface area contributed by atoms with E-state index in [-0.39, 0.29) is 11.6 Å². The molecule has 3 aromatic rings. The Hall–Kier alpha value is -4.00. The van der Waals surface area contributed by atoms with E-state index in [0.717, 1.165) is 0 Å². The Balaban J connectivity index is 1.91. The van der Waals surface area contributed by atoms with Crippen molar-refractivity contribution in [2.24, 2.45) is 0 Å². The van der Waals surface area contributed by atoms with Crippen molar-refractivity contribution >= 4 is 17.3 Å². The summed E-state index contributed by atoms with van der Waals surface area (Å²) in [5.74, 6) is 1.15. The first-order valence-corrected chi connectivity index (χ1v) is 9.91. The number of nitrogens with one attached hydrogen (secondary N) is 1. The summed E-state index contributed by atoms with van der Waals surface area (Å²) in [6, 6.07) is 17.0. The molecule has 0 saturated carbocycles. The molecule has 0 fully saturated rings. The minimum absolute atomic E-state index is 0.336. The van der Waals surface area contributed by atoms with Gasteiger partial charge in [-0.1, -0.05) is 36.4 Å². The summed E-state index contributed by atoms with van der Waals surface area (Å²) in [7, 11) is 6.07. The summed E-state index contributed by atoms with van der Waals surface area (Å²) < 4.78 is 21.5. The molecule has 0 aliphatic heterocycles. The second-order valence-corrected chi connectivity index (χ2v) is 7.22. The number of Topliss-reactive ketones (excluding diaryl/α,β-unsaturated/α-hetero) is 2. The lowest BCUT2D eigenvalue weighted by Gasteiger charge is -2.29. The van der Waals surface area contributed by atoms with Gasteiger partial charge in [-0.25, -0.2) is 0 Å². The minimum Gasteiger partial charge on any atom is -0.497 e. The number of ether oxygens (including phenoxy) is 4. The number of anilines is 1. The highest BCUT2D eigenvalue weighted by Crippen LogP contribution is 2.45. The predicted octanol–water partition coefficient (Wildman–Crippen LogP) is 4.11. The summed E-state index contributed by atoms with van der Waals surface area (Å²) in [5, 5.41) is 3.20. The predicted molar refractivity (Wildman–Crippen MR) is 119 cm³/mol. The molecule has 32 heavy (non-hydrogen) atoms. The van der Waals surface area contributed by atoms with Gasteiger partial charge in [0.1, 0.15) is 5.75 Å². The van der Waals surface area contributed by atoms with E-state index in [9.17, 15) is 9.59 Å². The Morgan fingerprint density at radius 3 is 1.66 bits per heavy atom.